The summed E-state index contributed by atoms with van der Waals surface area (Å²) in [7, 11) is 0. The molecule has 2 heterocycles. The van der Waals surface area contributed by atoms with Crippen LogP contribution in [0.2, 0.25) is 0 Å². The zero-order valence-electron chi connectivity index (χ0n) is 10.1. The summed E-state index contributed by atoms with van der Waals surface area (Å²) >= 11 is 0. The van der Waals surface area contributed by atoms with Gasteiger partial charge in [-0.2, -0.15) is 0 Å². The molecule has 0 bridgehead atoms. The third-order valence-electron chi connectivity index (χ3n) is 3.81. The highest BCUT2D eigenvalue weighted by molar-refractivity contribution is 5.84. The molecule has 1 N–H and O–H groups in total. The van der Waals surface area contributed by atoms with Crippen molar-refractivity contribution in [1.82, 2.24) is 10.2 Å². The number of nitrogens with zero attached hydrogens (tertiary/aromatic N) is 1. The van der Waals surface area contributed by atoms with E-state index in [1.165, 1.54) is 0 Å². The average Bonchev–Trinajstić information content (AvgIpc) is 2.88. The summed E-state index contributed by atoms with van der Waals surface area (Å²) in [5.74, 6) is 0.201. The van der Waals surface area contributed by atoms with Gasteiger partial charge < -0.3 is 10.2 Å². The average molecular weight is 244 g/mol. The zero-order chi connectivity index (χ0) is 12.5. The number of fused-ring (bicyclic) bond motifs is 1. The minimum absolute atomic E-state index is 0.0715. The van der Waals surface area contributed by atoms with Crippen molar-refractivity contribution in [3.05, 3.63) is 35.9 Å². The Morgan fingerprint density at radius 3 is 2.89 bits per heavy atom. The van der Waals surface area contributed by atoms with Gasteiger partial charge in [-0.3, -0.25) is 9.59 Å². The van der Waals surface area contributed by atoms with Gasteiger partial charge in [0.05, 0.1) is 18.5 Å². The molecule has 0 spiro atoms. The predicted octanol–water partition coefficient (Wildman–Crippen LogP) is 0.718. The van der Waals surface area contributed by atoms with Crippen LogP contribution in [0, 0.1) is 0 Å². The van der Waals surface area contributed by atoms with Crippen molar-refractivity contribution in [3.63, 3.8) is 0 Å². The van der Waals surface area contributed by atoms with Gasteiger partial charge in [-0.05, 0) is 12.0 Å². The van der Waals surface area contributed by atoms with Gasteiger partial charge in [-0.25, -0.2) is 0 Å². The normalized spacial score (nSPS) is 26.0. The molecular formula is C14H16N2O2. The maximum Gasteiger partial charge on any atom is 0.227 e. The molecule has 4 nitrogen and oxygen atoms in total. The second-order valence-electron chi connectivity index (χ2n) is 4.98. The molecular weight excluding hydrogens is 228 g/mol. The van der Waals surface area contributed by atoms with E-state index >= 15 is 0 Å². The Balaban J connectivity index is 1.68. The van der Waals surface area contributed by atoms with Gasteiger partial charge in [0, 0.05) is 13.0 Å². The van der Waals surface area contributed by atoms with Crippen molar-refractivity contribution >= 4 is 11.8 Å². The number of carbonyl (C=O) groups excluding carboxylic acids is 2. The van der Waals surface area contributed by atoms with Crippen LogP contribution >= 0.6 is 0 Å². The number of rotatable bonds is 2. The highest BCUT2D eigenvalue weighted by Crippen LogP contribution is 2.26. The van der Waals surface area contributed by atoms with E-state index in [9.17, 15) is 9.59 Å². The first kappa shape index (κ1) is 11.3. The minimum Gasteiger partial charge on any atom is -0.351 e. The molecule has 18 heavy (non-hydrogen) atoms. The molecule has 2 aliphatic heterocycles. The fraction of sp³-hybridized carbons (Fsp3) is 0.429. The van der Waals surface area contributed by atoms with Crippen molar-refractivity contribution in [2.24, 2.45) is 0 Å². The Morgan fingerprint density at radius 2 is 2.11 bits per heavy atom. The Morgan fingerprint density at radius 1 is 1.33 bits per heavy atom. The van der Waals surface area contributed by atoms with Crippen molar-refractivity contribution in [1.29, 1.82) is 0 Å². The highest BCUT2D eigenvalue weighted by atomic mass is 16.2. The van der Waals surface area contributed by atoms with Crippen LogP contribution in [0.3, 0.4) is 0 Å². The predicted molar refractivity (Wildman–Crippen MR) is 66.8 cm³/mol. The van der Waals surface area contributed by atoms with Crippen molar-refractivity contribution in [2.45, 2.75) is 31.3 Å². The first-order chi connectivity index (χ1) is 8.74. The van der Waals surface area contributed by atoms with Gasteiger partial charge in [-0.15, -0.1) is 0 Å². The minimum atomic E-state index is 0.0715. The lowest BCUT2D eigenvalue weighted by Gasteiger charge is -2.22. The van der Waals surface area contributed by atoms with Gasteiger partial charge in [0.2, 0.25) is 11.8 Å². The van der Waals surface area contributed by atoms with E-state index < -0.39 is 0 Å². The molecule has 4 heteroatoms. The molecule has 0 radical (unpaired) electrons. The zero-order valence-corrected chi connectivity index (χ0v) is 10.1. The lowest BCUT2D eigenvalue weighted by atomic mass is 10.1. The summed E-state index contributed by atoms with van der Waals surface area (Å²) in [4.78, 5) is 25.5. The molecule has 0 aliphatic carbocycles. The topological polar surface area (TPSA) is 49.4 Å². The maximum atomic E-state index is 12.3. The van der Waals surface area contributed by atoms with E-state index in [4.69, 9.17) is 0 Å². The molecule has 2 saturated heterocycles. The van der Waals surface area contributed by atoms with Gasteiger partial charge in [0.1, 0.15) is 0 Å². The van der Waals surface area contributed by atoms with Crippen LogP contribution in [-0.2, 0) is 16.0 Å². The number of amides is 2. The Labute approximate surface area is 106 Å². The summed E-state index contributed by atoms with van der Waals surface area (Å²) in [5, 5.41) is 2.93. The molecule has 0 saturated carbocycles. The first-order valence-corrected chi connectivity index (χ1v) is 6.37. The Kier molecular flexibility index (Phi) is 2.78. The lowest BCUT2D eigenvalue weighted by molar-refractivity contribution is -0.131. The van der Waals surface area contributed by atoms with E-state index in [-0.39, 0.29) is 23.9 Å². The summed E-state index contributed by atoms with van der Waals surface area (Å²) in [6.45, 7) is 0.765. The van der Waals surface area contributed by atoms with Crippen molar-refractivity contribution in [2.75, 3.05) is 6.54 Å². The van der Waals surface area contributed by atoms with Crippen LogP contribution in [0.5, 0.6) is 0 Å². The maximum absolute atomic E-state index is 12.3. The van der Waals surface area contributed by atoms with Crippen LogP contribution < -0.4 is 5.32 Å². The first-order valence-electron chi connectivity index (χ1n) is 6.37. The number of carbonyl (C=O) groups is 2. The summed E-state index contributed by atoms with van der Waals surface area (Å²) in [6, 6.07) is 10.0. The van der Waals surface area contributed by atoms with Crippen molar-refractivity contribution < 1.29 is 9.59 Å². The van der Waals surface area contributed by atoms with E-state index in [2.05, 4.69) is 5.32 Å². The molecule has 2 fully saturated rings. The van der Waals surface area contributed by atoms with Crippen molar-refractivity contribution in [3.8, 4) is 0 Å². The number of likely N-dealkylation sites (tertiary alicyclic amines) is 1. The smallest absolute Gasteiger partial charge is 0.227 e. The van der Waals surface area contributed by atoms with Crippen LogP contribution in [0.1, 0.15) is 18.4 Å². The summed E-state index contributed by atoms with van der Waals surface area (Å²) in [6.07, 6.45) is 1.78. The molecule has 2 unspecified atom stereocenters. The molecule has 2 atom stereocenters. The molecule has 94 valence electrons. The van der Waals surface area contributed by atoms with E-state index in [0.29, 0.717) is 12.8 Å². The summed E-state index contributed by atoms with van der Waals surface area (Å²) in [5.41, 5.74) is 1.03. The van der Waals surface area contributed by atoms with Gasteiger partial charge in [-0.1, -0.05) is 30.3 Å². The molecule has 0 aromatic heterocycles. The molecule has 2 amide bonds. The third kappa shape index (κ3) is 1.98. The van der Waals surface area contributed by atoms with Crippen LogP contribution in [0.25, 0.3) is 0 Å². The molecule has 3 rings (SSSR count). The summed E-state index contributed by atoms with van der Waals surface area (Å²) < 4.78 is 0. The fourth-order valence-electron chi connectivity index (χ4n) is 2.91. The monoisotopic (exact) mass is 244 g/mol. The standard InChI is InChI=1S/C14H16N2O2/c17-13-9-12-11(15-13)6-7-16(12)14(18)8-10-4-2-1-3-5-10/h1-5,11-12H,6-9H2,(H,15,17). The van der Waals surface area contributed by atoms with Gasteiger partial charge >= 0.3 is 0 Å². The number of hydrogen-bond acceptors (Lipinski definition) is 2. The highest BCUT2D eigenvalue weighted by Gasteiger charge is 2.43. The van der Waals surface area contributed by atoms with E-state index in [1.807, 2.05) is 35.2 Å². The van der Waals surface area contributed by atoms with Gasteiger partial charge in [0.25, 0.3) is 0 Å². The van der Waals surface area contributed by atoms with Crippen LogP contribution in [-0.4, -0.2) is 35.3 Å². The molecule has 1 aromatic carbocycles. The number of benzene rings is 1. The van der Waals surface area contributed by atoms with Crippen LogP contribution in [0.15, 0.2) is 30.3 Å². The lowest BCUT2D eigenvalue weighted by Crippen LogP contribution is -2.39. The van der Waals surface area contributed by atoms with Crippen LogP contribution in [0.4, 0.5) is 0 Å². The fourth-order valence-corrected chi connectivity index (χ4v) is 2.91. The largest absolute Gasteiger partial charge is 0.351 e. The second-order valence-corrected chi connectivity index (χ2v) is 4.98. The molecule has 1 aromatic rings. The molecule has 2 aliphatic rings. The SMILES string of the molecule is O=C1CC2C(CCN2C(=O)Cc2ccccc2)N1. The van der Waals surface area contributed by atoms with E-state index in [1.54, 1.807) is 0 Å². The van der Waals surface area contributed by atoms with Gasteiger partial charge in [0.15, 0.2) is 0 Å². The Bertz CT molecular complexity index is 472. The third-order valence-corrected chi connectivity index (χ3v) is 3.81. The second kappa shape index (κ2) is 4.44. The quantitative estimate of drug-likeness (QED) is 0.833. The van der Waals surface area contributed by atoms with E-state index in [0.717, 1.165) is 18.5 Å². The number of hydrogen-bond donors (Lipinski definition) is 1. The Hall–Kier alpha value is -1.84. The number of nitrogens with one attached hydrogen (secondary N) is 1.